The number of ether oxygens (including phenoxy) is 1. The standard InChI is InChI=1S/C16H22N2O4/c1-4-7-18(16(21)17-11-5-6-11)15(20)12-9-13(19)14(22-3)8-10(12)2/h8-9,11,19H,4-7H2,1-3H3,(H,17,21). The predicted molar refractivity (Wildman–Crippen MR) is 82.3 cm³/mol. The van der Waals surface area contributed by atoms with E-state index in [4.69, 9.17) is 4.74 Å². The van der Waals surface area contributed by atoms with E-state index in [1.165, 1.54) is 18.1 Å². The molecule has 0 spiro atoms. The average molecular weight is 306 g/mol. The highest BCUT2D eigenvalue weighted by atomic mass is 16.5. The number of aromatic hydroxyl groups is 1. The number of urea groups is 1. The Kier molecular flexibility index (Phi) is 4.90. The topological polar surface area (TPSA) is 78.9 Å². The maximum Gasteiger partial charge on any atom is 0.324 e. The number of benzene rings is 1. The summed E-state index contributed by atoms with van der Waals surface area (Å²) in [4.78, 5) is 26.1. The van der Waals surface area contributed by atoms with Gasteiger partial charge < -0.3 is 15.2 Å². The highest BCUT2D eigenvalue weighted by Crippen LogP contribution is 2.30. The summed E-state index contributed by atoms with van der Waals surface area (Å²) in [5.74, 6) is -0.218. The normalized spacial score (nSPS) is 13.6. The summed E-state index contributed by atoms with van der Waals surface area (Å²) in [5.41, 5.74) is 0.956. The summed E-state index contributed by atoms with van der Waals surface area (Å²) in [6, 6.07) is 2.75. The van der Waals surface area contributed by atoms with Crippen molar-refractivity contribution in [3.63, 3.8) is 0 Å². The lowest BCUT2D eigenvalue weighted by molar-refractivity contribution is 0.0799. The number of amides is 3. The van der Waals surface area contributed by atoms with Crippen LogP contribution in [0.3, 0.4) is 0 Å². The van der Waals surface area contributed by atoms with Crippen LogP contribution in [0.25, 0.3) is 0 Å². The molecule has 1 aliphatic carbocycles. The molecule has 2 N–H and O–H groups in total. The molecule has 1 aromatic rings. The first-order chi connectivity index (χ1) is 10.5. The van der Waals surface area contributed by atoms with Gasteiger partial charge in [0.05, 0.1) is 7.11 Å². The molecule has 3 amide bonds. The van der Waals surface area contributed by atoms with Crippen LogP contribution < -0.4 is 10.1 Å². The molecule has 6 nitrogen and oxygen atoms in total. The Morgan fingerprint density at radius 1 is 1.41 bits per heavy atom. The summed E-state index contributed by atoms with van der Waals surface area (Å²) >= 11 is 0. The van der Waals surface area contributed by atoms with Crippen LogP contribution in [0.2, 0.25) is 0 Å². The van der Waals surface area contributed by atoms with Crippen LogP contribution in [-0.4, -0.2) is 41.6 Å². The Morgan fingerprint density at radius 3 is 2.64 bits per heavy atom. The quantitative estimate of drug-likeness (QED) is 0.875. The molecule has 22 heavy (non-hydrogen) atoms. The largest absolute Gasteiger partial charge is 0.504 e. The highest BCUT2D eigenvalue weighted by Gasteiger charge is 2.29. The van der Waals surface area contributed by atoms with E-state index in [2.05, 4.69) is 5.32 Å². The molecule has 0 atom stereocenters. The van der Waals surface area contributed by atoms with Crippen LogP contribution in [0.5, 0.6) is 11.5 Å². The van der Waals surface area contributed by atoms with Crippen LogP contribution in [0.1, 0.15) is 42.1 Å². The van der Waals surface area contributed by atoms with Crippen molar-refractivity contribution in [3.8, 4) is 11.5 Å². The number of rotatable bonds is 5. The lowest BCUT2D eigenvalue weighted by Crippen LogP contribution is -2.45. The van der Waals surface area contributed by atoms with Gasteiger partial charge in [0.25, 0.3) is 5.91 Å². The molecule has 2 rings (SSSR count). The summed E-state index contributed by atoms with van der Waals surface area (Å²) in [7, 11) is 1.45. The molecule has 1 aliphatic rings. The van der Waals surface area contributed by atoms with Crippen LogP contribution in [0.15, 0.2) is 12.1 Å². The number of imide groups is 1. The van der Waals surface area contributed by atoms with Crippen molar-refractivity contribution in [2.24, 2.45) is 0 Å². The first-order valence-corrected chi connectivity index (χ1v) is 7.47. The lowest BCUT2D eigenvalue weighted by atomic mass is 10.1. The fourth-order valence-corrected chi connectivity index (χ4v) is 2.21. The van der Waals surface area contributed by atoms with Gasteiger partial charge in [0.15, 0.2) is 11.5 Å². The summed E-state index contributed by atoms with van der Waals surface area (Å²) in [6.07, 6.45) is 2.59. The van der Waals surface area contributed by atoms with Gasteiger partial charge in [-0.05, 0) is 43.9 Å². The van der Waals surface area contributed by atoms with E-state index >= 15 is 0 Å². The van der Waals surface area contributed by atoms with Crippen molar-refractivity contribution in [1.29, 1.82) is 0 Å². The van der Waals surface area contributed by atoms with Gasteiger partial charge in [-0.3, -0.25) is 9.69 Å². The van der Waals surface area contributed by atoms with Crippen molar-refractivity contribution in [3.05, 3.63) is 23.3 Å². The molecule has 1 fully saturated rings. The number of carbonyl (C=O) groups excluding carboxylic acids is 2. The van der Waals surface area contributed by atoms with Gasteiger partial charge in [-0.1, -0.05) is 6.92 Å². The summed E-state index contributed by atoms with van der Waals surface area (Å²) in [6.45, 7) is 3.99. The van der Waals surface area contributed by atoms with E-state index in [1.807, 2.05) is 6.92 Å². The first kappa shape index (κ1) is 16.1. The SMILES string of the molecule is CCCN(C(=O)NC1CC1)C(=O)c1cc(O)c(OC)cc1C. The maximum absolute atomic E-state index is 12.7. The average Bonchev–Trinajstić information content (AvgIpc) is 3.29. The van der Waals surface area contributed by atoms with E-state index in [9.17, 15) is 14.7 Å². The van der Waals surface area contributed by atoms with Gasteiger partial charge in [0, 0.05) is 18.2 Å². The lowest BCUT2D eigenvalue weighted by Gasteiger charge is -2.22. The molecule has 1 saturated carbocycles. The number of carbonyl (C=O) groups is 2. The van der Waals surface area contributed by atoms with Crippen molar-refractivity contribution in [2.75, 3.05) is 13.7 Å². The van der Waals surface area contributed by atoms with E-state index in [0.29, 0.717) is 29.8 Å². The Bertz CT molecular complexity index is 582. The molecule has 0 unspecified atom stereocenters. The fraction of sp³-hybridized carbons (Fsp3) is 0.500. The minimum absolute atomic E-state index is 0.115. The van der Waals surface area contributed by atoms with E-state index < -0.39 is 5.91 Å². The molecular formula is C16H22N2O4. The Morgan fingerprint density at radius 2 is 2.09 bits per heavy atom. The number of aryl methyl sites for hydroxylation is 1. The van der Waals surface area contributed by atoms with Gasteiger partial charge in [-0.2, -0.15) is 0 Å². The monoisotopic (exact) mass is 306 g/mol. The molecule has 1 aromatic carbocycles. The summed E-state index contributed by atoms with van der Waals surface area (Å²) in [5, 5.41) is 12.7. The molecule has 0 aromatic heterocycles. The molecule has 0 bridgehead atoms. The third kappa shape index (κ3) is 3.50. The molecule has 0 radical (unpaired) electrons. The number of nitrogens with one attached hydrogen (secondary N) is 1. The second-order valence-electron chi connectivity index (χ2n) is 5.52. The van der Waals surface area contributed by atoms with Crippen LogP contribution >= 0.6 is 0 Å². The molecular weight excluding hydrogens is 284 g/mol. The summed E-state index contributed by atoms with van der Waals surface area (Å²) < 4.78 is 5.02. The van der Waals surface area contributed by atoms with Gasteiger partial charge in [-0.15, -0.1) is 0 Å². The van der Waals surface area contributed by atoms with Gasteiger partial charge in [-0.25, -0.2) is 4.79 Å². The van der Waals surface area contributed by atoms with Gasteiger partial charge >= 0.3 is 6.03 Å². The minimum atomic E-state index is -0.407. The van der Waals surface area contributed by atoms with E-state index in [1.54, 1.807) is 13.0 Å². The number of hydrogen-bond donors (Lipinski definition) is 2. The number of phenols is 1. The zero-order chi connectivity index (χ0) is 16.3. The molecule has 6 heteroatoms. The van der Waals surface area contributed by atoms with Crippen molar-refractivity contribution in [2.45, 2.75) is 39.2 Å². The third-order valence-electron chi connectivity index (χ3n) is 3.60. The molecule has 0 aliphatic heterocycles. The Hall–Kier alpha value is -2.24. The number of nitrogens with zero attached hydrogens (tertiary/aromatic N) is 1. The van der Waals surface area contributed by atoms with Crippen molar-refractivity contribution < 1.29 is 19.4 Å². The van der Waals surface area contributed by atoms with E-state index in [-0.39, 0.29) is 17.8 Å². The fourth-order valence-electron chi connectivity index (χ4n) is 2.21. The highest BCUT2D eigenvalue weighted by molar-refractivity contribution is 6.05. The zero-order valence-electron chi connectivity index (χ0n) is 13.2. The molecule has 120 valence electrons. The van der Waals surface area contributed by atoms with E-state index in [0.717, 1.165) is 12.8 Å². The maximum atomic E-state index is 12.7. The molecule has 0 heterocycles. The minimum Gasteiger partial charge on any atom is -0.504 e. The number of phenolic OH excluding ortho intramolecular Hbond substituents is 1. The van der Waals surface area contributed by atoms with Crippen LogP contribution in [-0.2, 0) is 0 Å². The Labute approximate surface area is 130 Å². The number of hydrogen-bond acceptors (Lipinski definition) is 4. The van der Waals surface area contributed by atoms with Crippen molar-refractivity contribution in [1.82, 2.24) is 10.2 Å². The smallest absolute Gasteiger partial charge is 0.324 e. The van der Waals surface area contributed by atoms with Crippen molar-refractivity contribution >= 4 is 11.9 Å². The van der Waals surface area contributed by atoms with Crippen LogP contribution in [0.4, 0.5) is 4.79 Å². The first-order valence-electron chi connectivity index (χ1n) is 7.47. The Balaban J connectivity index is 2.25. The third-order valence-corrected chi connectivity index (χ3v) is 3.60. The van der Waals surface area contributed by atoms with Crippen LogP contribution in [0, 0.1) is 6.92 Å². The number of methoxy groups -OCH3 is 1. The predicted octanol–water partition coefficient (Wildman–Crippen LogP) is 2.43. The molecule has 0 saturated heterocycles. The zero-order valence-corrected chi connectivity index (χ0v) is 13.2. The van der Waals surface area contributed by atoms with Gasteiger partial charge in [0.2, 0.25) is 0 Å². The van der Waals surface area contributed by atoms with Gasteiger partial charge in [0.1, 0.15) is 0 Å². The second kappa shape index (κ2) is 6.68. The second-order valence-corrected chi connectivity index (χ2v) is 5.52.